The van der Waals surface area contributed by atoms with Crippen molar-refractivity contribution in [1.82, 2.24) is 4.31 Å². The number of halogens is 1. The van der Waals surface area contributed by atoms with Gasteiger partial charge in [0.1, 0.15) is 17.7 Å². The van der Waals surface area contributed by atoms with E-state index in [1.807, 2.05) is 36.4 Å². The van der Waals surface area contributed by atoms with E-state index < -0.39 is 39.8 Å². The SMILES string of the molecule is CC(=O)Oc1ccc([C@@H]2C(CC[C@H](OC(C)=O)c3ccc(F)cc3)C(=O)N2c2ccc(CCCN(C)S(C)(=O)=O)cc2)cc1. The van der Waals surface area contributed by atoms with Crippen molar-refractivity contribution >= 4 is 33.6 Å². The third-order valence-electron chi connectivity index (χ3n) is 7.71. The van der Waals surface area contributed by atoms with Crippen LogP contribution in [-0.4, -0.2) is 50.4 Å². The Morgan fingerprint density at radius 1 is 0.955 bits per heavy atom. The quantitative estimate of drug-likeness (QED) is 0.143. The van der Waals surface area contributed by atoms with E-state index in [0.29, 0.717) is 49.2 Å². The van der Waals surface area contributed by atoms with Crippen LogP contribution < -0.4 is 9.64 Å². The smallest absolute Gasteiger partial charge is 0.308 e. The van der Waals surface area contributed by atoms with Crippen molar-refractivity contribution in [2.45, 2.75) is 51.7 Å². The number of rotatable bonds is 13. The number of benzene rings is 3. The number of β-lactam (4-membered cyclic amide) rings is 1. The number of esters is 2. The average Bonchev–Trinajstić information content (AvgIpc) is 2.96. The van der Waals surface area contributed by atoms with Gasteiger partial charge in [-0.05, 0) is 78.8 Å². The van der Waals surface area contributed by atoms with E-state index in [0.717, 1.165) is 11.1 Å². The van der Waals surface area contributed by atoms with Crippen LogP contribution in [0, 0.1) is 11.7 Å². The van der Waals surface area contributed by atoms with Crippen molar-refractivity contribution in [1.29, 1.82) is 0 Å². The lowest BCUT2D eigenvalue weighted by atomic mass is 9.78. The molecule has 0 aromatic heterocycles. The highest BCUT2D eigenvalue weighted by Gasteiger charge is 2.48. The summed E-state index contributed by atoms with van der Waals surface area (Å²) >= 11 is 0. The van der Waals surface area contributed by atoms with Gasteiger partial charge in [0.25, 0.3) is 0 Å². The standard InChI is InChI=1S/C33H37FN2O7S/c1-22(37)42-29-17-11-26(12-18-29)32-30(19-20-31(43-23(2)38)25-9-13-27(34)14-10-25)33(39)36(32)28-15-7-24(8-16-28)6-5-21-35(3)44(4,40)41/h7-18,30-32H,5-6,19-21H2,1-4H3/t30?,31-,32+/m0/s1. The lowest BCUT2D eigenvalue weighted by Gasteiger charge is -2.48. The van der Waals surface area contributed by atoms with Crippen LogP contribution in [0.3, 0.4) is 0 Å². The van der Waals surface area contributed by atoms with Gasteiger partial charge in [-0.2, -0.15) is 0 Å². The molecule has 1 aliphatic rings. The minimum absolute atomic E-state index is 0.0812. The van der Waals surface area contributed by atoms with Crippen molar-refractivity contribution in [3.05, 3.63) is 95.3 Å². The summed E-state index contributed by atoms with van der Waals surface area (Å²) in [4.78, 5) is 38.6. The molecule has 3 aromatic carbocycles. The zero-order valence-corrected chi connectivity index (χ0v) is 26.1. The zero-order valence-electron chi connectivity index (χ0n) is 25.2. The summed E-state index contributed by atoms with van der Waals surface area (Å²) in [5, 5.41) is 0. The lowest BCUT2D eigenvalue weighted by molar-refractivity contribution is -0.147. The number of anilines is 1. The summed E-state index contributed by atoms with van der Waals surface area (Å²) in [5.41, 5.74) is 3.23. The van der Waals surface area contributed by atoms with Crippen molar-refractivity contribution < 1.29 is 36.7 Å². The molecule has 1 saturated heterocycles. The van der Waals surface area contributed by atoms with Crippen molar-refractivity contribution in [3.63, 3.8) is 0 Å². The topological polar surface area (TPSA) is 110 Å². The van der Waals surface area contributed by atoms with Gasteiger partial charge in [-0.3, -0.25) is 14.4 Å². The van der Waals surface area contributed by atoms with Crippen molar-refractivity contribution in [3.8, 4) is 5.75 Å². The van der Waals surface area contributed by atoms with E-state index in [9.17, 15) is 27.2 Å². The Morgan fingerprint density at radius 2 is 1.59 bits per heavy atom. The summed E-state index contributed by atoms with van der Waals surface area (Å²) in [7, 11) is -1.68. The summed E-state index contributed by atoms with van der Waals surface area (Å²) in [5.74, 6) is -1.41. The van der Waals surface area contributed by atoms with Gasteiger partial charge in [-0.15, -0.1) is 0 Å². The first-order valence-corrected chi connectivity index (χ1v) is 16.2. The highest BCUT2D eigenvalue weighted by atomic mass is 32.2. The monoisotopic (exact) mass is 624 g/mol. The number of aryl methyl sites for hydroxylation is 1. The summed E-state index contributed by atoms with van der Waals surface area (Å²) in [6, 6.07) is 20.1. The number of amides is 1. The largest absolute Gasteiger partial charge is 0.458 e. The summed E-state index contributed by atoms with van der Waals surface area (Å²) < 4.78 is 48.9. The second kappa shape index (κ2) is 14.1. The van der Waals surface area contributed by atoms with Crippen LogP contribution in [-0.2, 0) is 35.6 Å². The number of hydrogen-bond donors (Lipinski definition) is 0. The molecule has 0 spiro atoms. The van der Waals surface area contributed by atoms with E-state index in [2.05, 4.69) is 0 Å². The molecule has 234 valence electrons. The van der Waals surface area contributed by atoms with Crippen molar-refractivity contribution in [2.24, 2.45) is 5.92 Å². The molecule has 3 aromatic rings. The van der Waals surface area contributed by atoms with E-state index in [4.69, 9.17) is 9.47 Å². The molecule has 11 heteroatoms. The second-order valence-corrected chi connectivity index (χ2v) is 13.1. The third kappa shape index (κ3) is 8.29. The number of ether oxygens (including phenoxy) is 2. The Morgan fingerprint density at radius 3 is 2.16 bits per heavy atom. The van der Waals surface area contributed by atoms with Crippen LogP contribution in [0.15, 0.2) is 72.8 Å². The van der Waals surface area contributed by atoms with E-state index in [1.165, 1.54) is 36.5 Å². The van der Waals surface area contributed by atoms with Gasteiger partial charge in [-0.25, -0.2) is 17.1 Å². The molecular weight excluding hydrogens is 587 g/mol. The normalized spacial score (nSPS) is 17.2. The van der Waals surface area contributed by atoms with Crippen LogP contribution in [0.5, 0.6) is 5.75 Å². The molecule has 0 aliphatic carbocycles. The number of hydrogen-bond acceptors (Lipinski definition) is 7. The number of carbonyl (C=O) groups is 3. The molecule has 1 heterocycles. The molecule has 0 bridgehead atoms. The van der Waals surface area contributed by atoms with Crippen LogP contribution in [0.4, 0.5) is 10.1 Å². The lowest BCUT2D eigenvalue weighted by Crippen LogP contribution is -2.55. The Labute approximate surface area is 257 Å². The molecule has 9 nitrogen and oxygen atoms in total. The van der Waals surface area contributed by atoms with Gasteiger partial charge < -0.3 is 14.4 Å². The van der Waals surface area contributed by atoms with E-state index >= 15 is 0 Å². The van der Waals surface area contributed by atoms with Crippen LogP contribution >= 0.6 is 0 Å². The van der Waals surface area contributed by atoms with E-state index in [-0.39, 0.29) is 11.9 Å². The van der Waals surface area contributed by atoms with E-state index in [1.54, 1.807) is 36.2 Å². The molecule has 0 saturated carbocycles. The minimum Gasteiger partial charge on any atom is -0.458 e. The Balaban J connectivity index is 1.53. The Kier molecular flexibility index (Phi) is 10.5. The molecule has 4 rings (SSSR count). The number of sulfonamides is 1. The van der Waals surface area contributed by atoms with Gasteiger partial charge in [-0.1, -0.05) is 36.4 Å². The highest BCUT2D eigenvalue weighted by molar-refractivity contribution is 7.88. The predicted octanol–water partition coefficient (Wildman–Crippen LogP) is 5.36. The Bertz CT molecular complexity index is 1580. The Hall–Kier alpha value is -4.09. The second-order valence-electron chi connectivity index (χ2n) is 11.0. The summed E-state index contributed by atoms with van der Waals surface area (Å²) in [6.45, 7) is 3.04. The maximum absolute atomic E-state index is 13.6. The first-order chi connectivity index (χ1) is 20.8. The molecule has 1 fully saturated rings. The minimum atomic E-state index is -3.23. The van der Waals surface area contributed by atoms with Gasteiger partial charge >= 0.3 is 11.9 Å². The molecule has 3 atom stereocenters. The molecule has 0 radical (unpaired) electrons. The maximum Gasteiger partial charge on any atom is 0.308 e. The molecule has 44 heavy (non-hydrogen) atoms. The fourth-order valence-corrected chi connectivity index (χ4v) is 5.86. The van der Waals surface area contributed by atoms with Crippen LogP contribution in [0.25, 0.3) is 0 Å². The third-order valence-corrected chi connectivity index (χ3v) is 9.02. The highest BCUT2D eigenvalue weighted by Crippen LogP contribution is 2.47. The first kappa shape index (κ1) is 32.8. The predicted molar refractivity (Wildman–Crippen MR) is 164 cm³/mol. The average molecular weight is 625 g/mol. The molecule has 1 unspecified atom stereocenters. The van der Waals surface area contributed by atoms with Gasteiger partial charge in [0, 0.05) is 33.1 Å². The molecule has 0 N–H and O–H groups in total. The van der Waals surface area contributed by atoms with Gasteiger partial charge in [0.05, 0.1) is 18.2 Å². The zero-order chi connectivity index (χ0) is 32.0. The molecular formula is C33H37FN2O7S. The van der Waals surface area contributed by atoms with Gasteiger partial charge in [0.2, 0.25) is 15.9 Å². The van der Waals surface area contributed by atoms with Gasteiger partial charge in [0.15, 0.2) is 0 Å². The molecule has 1 aliphatic heterocycles. The summed E-state index contributed by atoms with van der Waals surface area (Å²) in [6.07, 6.45) is 2.65. The maximum atomic E-state index is 13.6. The fraction of sp³-hybridized carbons (Fsp3) is 0.364. The fourth-order valence-electron chi connectivity index (χ4n) is 5.40. The number of carbonyl (C=O) groups excluding carboxylic acids is 3. The van der Waals surface area contributed by atoms with Crippen molar-refractivity contribution in [2.75, 3.05) is 24.7 Å². The van der Waals surface area contributed by atoms with Crippen LogP contribution in [0.2, 0.25) is 0 Å². The van der Waals surface area contributed by atoms with Crippen LogP contribution in [0.1, 0.15) is 61.9 Å². The number of nitrogens with zero attached hydrogens (tertiary/aromatic N) is 2. The first-order valence-electron chi connectivity index (χ1n) is 14.4. The molecule has 1 amide bonds.